The highest BCUT2D eigenvalue weighted by molar-refractivity contribution is 6.50. The van der Waals surface area contributed by atoms with E-state index in [9.17, 15) is 9.18 Å². The van der Waals surface area contributed by atoms with Crippen molar-refractivity contribution in [1.29, 1.82) is 0 Å². The number of benzene rings is 2. The molecule has 168 valence electrons. The maximum atomic E-state index is 14.8. The Labute approximate surface area is 191 Å². The molecule has 2 aliphatic heterocycles. The summed E-state index contributed by atoms with van der Waals surface area (Å²) in [6.45, 7) is 7.69. The number of nitrogens with zero attached hydrogens (tertiary/aromatic N) is 6. The minimum atomic E-state index is -0.424. The normalized spacial score (nSPS) is 16.0. The summed E-state index contributed by atoms with van der Waals surface area (Å²) in [5.74, 6) is -0.797. The molecule has 1 amide bonds. The fourth-order valence-corrected chi connectivity index (χ4v) is 4.18. The van der Waals surface area contributed by atoms with E-state index in [0.717, 1.165) is 31.9 Å². The zero-order valence-electron chi connectivity index (χ0n) is 18.6. The number of rotatable bonds is 4. The van der Waals surface area contributed by atoms with Crippen LogP contribution in [-0.4, -0.2) is 70.9 Å². The molecule has 0 spiro atoms. The van der Waals surface area contributed by atoms with Gasteiger partial charge in [0, 0.05) is 73.1 Å². The van der Waals surface area contributed by atoms with Crippen LogP contribution >= 0.6 is 0 Å². The number of hydrazone groups is 1. The Kier molecular flexibility index (Phi) is 5.26. The molecule has 0 bridgehead atoms. The van der Waals surface area contributed by atoms with Crippen LogP contribution in [0, 0.1) is 5.82 Å². The van der Waals surface area contributed by atoms with Crippen LogP contribution in [0.25, 0.3) is 11.1 Å². The number of likely N-dealkylation sites (N-methyl/N-ethyl adjacent to an activating group) is 1. The standard InChI is InChI=1S/C24H24FN7O/c1-29-7-9-32(10-8-29)18-6-4-5-17(11-18)27-24(33)23-20-12-19(16-14-26-30(2)15-16)21(25)13-22(20)31(3)28-23/h4-6,11-15H,3,7-10H2,1-2H3/p+1. The second kappa shape index (κ2) is 8.25. The number of hydrogen-bond acceptors (Lipinski definition) is 5. The maximum absolute atomic E-state index is 14.8. The van der Waals surface area contributed by atoms with E-state index in [0.29, 0.717) is 28.1 Å². The summed E-state index contributed by atoms with van der Waals surface area (Å²) in [5, 5.41) is 11.3. The Morgan fingerprint density at radius 2 is 1.91 bits per heavy atom. The van der Waals surface area contributed by atoms with Gasteiger partial charge >= 0.3 is 0 Å². The van der Waals surface area contributed by atoms with Gasteiger partial charge in [-0.2, -0.15) is 5.10 Å². The Morgan fingerprint density at radius 1 is 1.12 bits per heavy atom. The number of carbonyl (C=O) groups excluding carboxylic acids is 1. The van der Waals surface area contributed by atoms with Gasteiger partial charge in [-0.05, 0) is 31.3 Å². The summed E-state index contributed by atoms with van der Waals surface area (Å²) in [6.07, 6.45) is 3.31. The molecule has 3 heterocycles. The predicted octanol–water partition coefficient (Wildman–Crippen LogP) is 2.68. The van der Waals surface area contributed by atoms with Crippen molar-refractivity contribution in [3.63, 3.8) is 0 Å². The summed E-state index contributed by atoms with van der Waals surface area (Å²) >= 11 is 0. The van der Waals surface area contributed by atoms with Crippen LogP contribution in [0.2, 0.25) is 0 Å². The lowest BCUT2D eigenvalue weighted by Crippen LogP contribution is -2.44. The van der Waals surface area contributed by atoms with Crippen LogP contribution < -0.4 is 10.2 Å². The van der Waals surface area contributed by atoms with Gasteiger partial charge in [-0.15, -0.1) is 0 Å². The first kappa shape index (κ1) is 21.0. The lowest BCUT2D eigenvalue weighted by atomic mass is 10.0. The van der Waals surface area contributed by atoms with Crippen LogP contribution in [0.3, 0.4) is 0 Å². The van der Waals surface area contributed by atoms with E-state index in [1.807, 2.05) is 24.3 Å². The SMILES string of the molecule is C=[N+]1N=C(C(=O)Nc2cccc(N3CCN(C)CC3)c2)c2cc(-c3cnn(C)c3)c(F)cc21. The first-order chi connectivity index (χ1) is 15.9. The van der Waals surface area contributed by atoms with E-state index in [4.69, 9.17) is 0 Å². The number of piperazine rings is 1. The quantitative estimate of drug-likeness (QED) is 0.626. The smallest absolute Gasteiger partial charge is 0.281 e. The van der Waals surface area contributed by atoms with Gasteiger partial charge in [0.15, 0.2) is 6.72 Å². The fourth-order valence-electron chi connectivity index (χ4n) is 4.18. The third-order valence-electron chi connectivity index (χ3n) is 6.04. The van der Waals surface area contributed by atoms with Crippen molar-refractivity contribution in [3.05, 3.63) is 60.2 Å². The van der Waals surface area contributed by atoms with Crippen LogP contribution in [0.1, 0.15) is 5.56 Å². The molecule has 3 aromatic rings. The van der Waals surface area contributed by atoms with Crippen molar-refractivity contribution < 1.29 is 13.9 Å². The number of aryl methyl sites for hydroxylation is 1. The van der Waals surface area contributed by atoms with Gasteiger partial charge in [0.1, 0.15) is 5.82 Å². The molecule has 1 N–H and O–H groups in total. The summed E-state index contributed by atoms with van der Waals surface area (Å²) in [7, 11) is 3.88. The molecule has 8 nitrogen and oxygen atoms in total. The van der Waals surface area contributed by atoms with Gasteiger partial charge in [0.2, 0.25) is 11.4 Å². The molecule has 0 unspecified atom stereocenters. The molecular weight excluding hydrogens is 421 g/mol. The topological polar surface area (TPSA) is 68.8 Å². The Bertz CT molecular complexity index is 1290. The van der Waals surface area contributed by atoms with Crippen molar-refractivity contribution in [3.8, 4) is 11.1 Å². The Hall–Kier alpha value is -3.85. The molecule has 1 saturated heterocycles. The maximum Gasteiger partial charge on any atom is 0.281 e. The third kappa shape index (κ3) is 4.03. The molecule has 0 atom stereocenters. The zero-order valence-corrected chi connectivity index (χ0v) is 18.6. The molecule has 0 aliphatic carbocycles. The largest absolute Gasteiger partial charge is 0.369 e. The average Bonchev–Trinajstić information content (AvgIpc) is 3.37. The number of nitrogens with one attached hydrogen (secondary N) is 1. The molecule has 9 heteroatoms. The summed E-state index contributed by atoms with van der Waals surface area (Å²) < 4.78 is 17.7. The molecule has 5 rings (SSSR count). The van der Waals surface area contributed by atoms with Gasteiger partial charge in [0.05, 0.1) is 11.8 Å². The number of amides is 1. The van der Waals surface area contributed by atoms with Crippen molar-refractivity contribution in [2.45, 2.75) is 0 Å². The van der Waals surface area contributed by atoms with Crippen LogP contribution in [0.4, 0.5) is 21.5 Å². The second-order valence-corrected chi connectivity index (χ2v) is 8.39. The van der Waals surface area contributed by atoms with Crippen LogP contribution in [0.5, 0.6) is 0 Å². The summed E-state index contributed by atoms with van der Waals surface area (Å²) in [6, 6.07) is 10.8. The van der Waals surface area contributed by atoms with Crippen molar-refractivity contribution in [2.24, 2.45) is 12.1 Å². The molecule has 33 heavy (non-hydrogen) atoms. The van der Waals surface area contributed by atoms with E-state index in [1.54, 1.807) is 30.2 Å². The van der Waals surface area contributed by atoms with E-state index < -0.39 is 5.82 Å². The summed E-state index contributed by atoms with van der Waals surface area (Å²) in [5.41, 5.74) is 3.88. The number of carbonyl (C=O) groups is 1. The zero-order chi connectivity index (χ0) is 23.1. The highest BCUT2D eigenvalue weighted by Crippen LogP contribution is 2.33. The van der Waals surface area contributed by atoms with E-state index in [-0.39, 0.29) is 11.6 Å². The monoisotopic (exact) mass is 446 g/mol. The van der Waals surface area contributed by atoms with Crippen molar-refractivity contribution in [2.75, 3.05) is 43.4 Å². The first-order valence-corrected chi connectivity index (χ1v) is 10.8. The van der Waals surface area contributed by atoms with Gasteiger partial charge in [0.25, 0.3) is 5.91 Å². The minimum absolute atomic E-state index is 0.190. The van der Waals surface area contributed by atoms with Crippen molar-refractivity contribution in [1.82, 2.24) is 14.7 Å². The van der Waals surface area contributed by atoms with Gasteiger partial charge < -0.3 is 15.1 Å². The number of anilines is 2. The first-order valence-electron chi connectivity index (χ1n) is 10.8. The van der Waals surface area contributed by atoms with Crippen LogP contribution in [-0.2, 0) is 11.8 Å². The van der Waals surface area contributed by atoms with Gasteiger partial charge in [-0.3, -0.25) is 9.48 Å². The molecule has 0 radical (unpaired) electrons. The van der Waals surface area contributed by atoms with Gasteiger partial charge in [-0.1, -0.05) is 10.8 Å². The summed E-state index contributed by atoms with van der Waals surface area (Å²) in [4.78, 5) is 17.8. The highest BCUT2D eigenvalue weighted by Gasteiger charge is 2.34. The molecule has 1 fully saturated rings. The average molecular weight is 447 g/mol. The third-order valence-corrected chi connectivity index (χ3v) is 6.04. The molecule has 0 saturated carbocycles. The Morgan fingerprint density at radius 3 is 2.64 bits per heavy atom. The minimum Gasteiger partial charge on any atom is -0.369 e. The van der Waals surface area contributed by atoms with E-state index in [1.165, 1.54) is 10.8 Å². The number of halogens is 1. The molecule has 2 aliphatic rings. The highest BCUT2D eigenvalue weighted by atomic mass is 19.1. The number of aromatic nitrogens is 2. The van der Waals surface area contributed by atoms with Crippen LogP contribution in [0.15, 0.2) is 53.9 Å². The lowest BCUT2D eigenvalue weighted by Gasteiger charge is -2.34. The molecule has 1 aromatic heterocycles. The lowest BCUT2D eigenvalue weighted by molar-refractivity contribution is -0.431. The molecular formula is C24H25FN7O+. The number of hydrogen-bond donors (Lipinski definition) is 1. The van der Waals surface area contributed by atoms with Crippen molar-refractivity contribution >= 4 is 35.4 Å². The number of fused-ring (bicyclic) bond motifs is 1. The second-order valence-electron chi connectivity index (χ2n) is 8.39. The fraction of sp³-hybridized carbons (Fsp3) is 0.250. The van der Waals surface area contributed by atoms with E-state index in [2.05, 4.69) is 39.1 Å². The van der Waals surface area contributed by atoms with E-state index >= 15 is 0 Å². The predicted molar refractivity (Wildman–Crippen MR) is 127 cm³/mol. The van der Waals surface area contributed by atoms with Gasteiger partial charge in [-0.25, -0.2) is 4.39 Å². The Balaban J connectivity index is 1.40. The molecule has 2 aromatic carbocycles.